The summed E-state index contributed by atoms with van der Waals surface area (Å²) in [5.74, 6) is 1.12. The number of nitrogens with zero attached hydrogens (tertiary/aromatic N) is 2. The highest BCUT2D eigenvalue weighted by Gasteiger charge is 2.22. The molecule has 3 heterocycles. The number of carbonyl (C=O) groups is 1. The molecule has 0 spiro atoms. The van der Waals surface area contributed by atoms with Crippen molar-refractivity contribution in [1.29, 1.82) is 0 Å². The second-order valence-corrected chi connectivity index (χ2v) is 7.47. The predicted octanol–water partition coefficient (Wildman–Crippen LogP) is 2.31. The van der Waals surface area contributed by atoms with Gasteiger partial charge in [-0.05, 0) is 57.8 Å². The van der Waals surface area contributed by atoms with E-state index < -0.39 is 0 Å². The molecule has 6 heteroatoms. The van der Waals surface area contributed by atoms with Gasteiger partial charge in [-0.1, -0.05) is 6.92 Å². The number of nitrogens with one attached hydrogen (secondary N) is 2. The third-order valence-corrected chi connectivity index (χ3v) is 5.56. The summed E-state index contributed by atoms with van der Waals surface area (Å²) in [6, 6.07) is 0. The molecule has 1 aromatic rings. The van der Waals surface area contributed by atoms with Crippen molar-refractivity contribution >= 4 is 22.4 Å². The first-order valence-electron chi connectivity index (χ1n) is 8.39. The largest absolute Gasteiger partial charge is 0.317 e. The minimum Gasteiger partial charge on any atom is -0.317 e. The molecular formula is C16H26N4OS. The monoisotopic (exact) mass is 322 g/mol. The first kappa shape index (κ1) is 15.9. The van der Waals surface area contributed by atoms with Gasteiger partial charge in [-0.15, -0.1) is 11.3 Å². The average molecular weight is 322 g/mol. The predicted molar refractivity (Wildman–Crippen MR) is 90.0 cm³/mol. The Balaban J connectivity index is 1.49. The van der Waals surface area contributed by atoms with Crippen LogP contribution in [0.2, 0.25) is 0 Å². The minimum absolute atomic E-state index is 0.134. The van der Waals surface area contributed by atoms with Gasteiger partial charge in [0.2, 0.25) is 5.91 Å². The van der Waals surface area contributed by atoms with Gasteiger partial charge in [0.25, 0.3) is 0 Å². The van der Waals surface area contributed by atoms with Gasteiger partial charge in [-0.25, -0.2) is 4.98 Å². The van der Waals surface area contributed by atoms with Crippen molar-refractivity contribution in [2.75, 3.05) is 31.5 Å². The Hall–Kier alpha value is -0.980. The summed E-state index contributed by atoms with van der Waals surface area (Å²) in [5.41, 5.74) is 1.08. The fraction of sp³-hybridized carbons (Fsp3) is 0.750. The number of hydrogen-bond acceptors (Lipinski definition) is 5. The number of aromatic nitrogens is 1. The summed E-state index contributed by atoms with van der Waals surface area (Å²) < 4.78 is 0. The lowest BCUT2D eigenvalue weighted by molar-refractivity contribution is -0.120. The van der Waals surface area contributed by atoms with Crippen molar-refractivity contribution in [1.82, 2.24) is 15.2 Å². The molecule has 1 amide bonds. The standard InChI is InChI=1S/C16H26N4OS/c1-12-4-8-20(9-5-12)10-14-11-22-16(18-14)19-15(21)13-2-6-17-7-3-13/h11-13,17H,2-10H2,1H3,(H,18,19,21). The molecule has 0 aromatic carbocycles. The van der Waals surface area contributed by atoms with Crippen molar-refractivity contribution < 1.29 is 4.79 Å². The molecule has 0 saturated carbocycles. The molecule has 5 nitrogen and oxygen atoms in total. The number of likely N-dealkylation sites (tertiary alicyclic amines) is 1. The van der Waals surface area contributed by atoms with Gasteiger partial charge in [0.05, 0.1) is 5.69 Å². The number of anilines is 1. The molecule has 0 radical (unpaired) electrons. The average Bonchev–Trinajstić information content (AvgIpc) is 2.97. The van der Waals surface area contributed by atoms with E-state index in [1.54, 1.807) is 11.3 Å². The van der Waals surface area contributed by atoms with Crippen LogP contribution in [0.25, 0.3) is 0 Å². The Morgan fingerprint density at radius 3 is 2.82 bits per heavy atom. The van der Waals surface area contributed by atoms with E-state index in [0.29, 0.717) is 0 Å². The van der Waals surface area contributed by atoms with E-state index >= 15 is 0 Å². The number of hydrogen-bond donors (Lipinski definition) is 2. The molecule has 0 unspecified atom stereocenters. The summed E-state index contributed by atoms with van der Waals surface area (Å²) in [5, 5.41) is 9.12. The second-order valence-electron chi connectivity index (χ2n) is 6.62. The molecule has 0 atom stereocenters. The van der Waals surface area contributed by atoms with E-state index in [2.05, 4.69) is 32.8 Å². The zero-order chi connectivity index (χ0) is 15.4. The summed E-state index contributed by atoms with van der Waals surface area (Å²) in [6.07, 6.45) is 4.42. The van der Waals surface area contributed by atoms with Gasteiger partial charge in [0, 0.05) is 17.8 Å². The van der Waals surface area contributed by atoms with Gasteiger partial charge in [0.1, 0.15) is 0 Å². The van der Waals surface area contributed by atoms with E-state index in [-0.39, 0.29) is 11.8 Å². The number of carbonyl (C=O) groups excluding carboxylic acids is 1. The smallest absolute Gasteiger partial charge is 0.229 e. The second kappa shape index (κ2) is 7.53. The summed E-state index contributed by atoms with van der Waals surface area (Å²) in [4.78, 5) is 19.3. The molecule has 0 bridgehead atoms. The summed E-state index contributed by atoms with van der Waals surface area (Å²) in [6.45, 7) is 7.44. The first-order chi connectivity index (χ1) is 10.7. The highest BCUT2D eigenvalue weighted by molar-refractivity contribution is 7.13. The Morgan fingerprint density at radius 1 is 1.36 bits per heavy atom. The van der Waals surface area contributed by atoms with Gasteiger partial charge in [0.15, 0.2) is 5.13 Å². The zero-order valence-electron chi connectivity index (χ0n) is 13.3. The van der Waals surface area contributed by atoms with Crippen LogP contribution in [0.15, 0.2) is 5.38 Å². The van der Waals surface area contributed by atoms with E-state index in [1.807, 2.05) is 0 Å². The lowest BCUT2D eigenvalue weighted by Gasteiger charge is -2.29. The molecule has 22 heavy (non-hydrogen) atoms. The first-order valence-corrected chi connectivity index (χ1v) is 9.27. The maximum atomic E-state index is 12.2. The number of rotatable bonds is 4. The zero-order valence-corrected chi connectivity index (χ0v) is 14.1. The van der Waals surface area contributed by atoms with E-state index in [9.17, 15) is 4.79 Å². The molecule has 2 aliphatic rings. The van der Waals surface area contributed by atoms with Gasteiger partial charge >= 0.3 is 0 Å². The van der Waals surface area contributed by atoms with E-state index in [0.717, 1.165) is 62.3 Å². The number of thiazole rings is 1. The molecule has 2 N–H and O–H groups in total. The van der Waals surface area contributed by atoms with Crippen LogP contribution in [0.3, 0.4) is 0 Å². The highest BCUT2D eigenvalue weighted by atomic mass is 32.1. The van der Waals surface area contributed by atoms with Crippen LogP contribution < -0.4 is 10.6 Å². The van der Waals surface area contributed by atoms with Crippen LogP contribution in [0.1, 0.15) is 38.3 Å². The fourth-order valence-electron chi connectivity index (χ4n) is 3.18. The van der Waals surface area contributed by atoms with Crippen LogP contribution in [0.5, 0.6) is 0 Å². The molecular weight excluding hydrogens is 296 g/mol. The van der Waals surface area contributed by atoms with Crippen molar-refractivity contribution in [2.45, 2.75) is 39.2 Å². The quantitative estimate of drug-likeness (QED) is 0.893. The Bertz CT molecular complexity index is 490. The molecule has 2 aliphatic heterocycles. The van der Waals surface area contributed by atoms with Crippen LogP contribution in [-0.4, -0.2) is 42.0 Å². The van der Waals surface area contributed by atoms with Gasteiger partial charge in [-0.3, -0.25) is 9.69 Å². The minimum atomic E-state index is 0.134. The Kier molecular flexibility index (Phi) is 5.44. The van der Waals surface area contributed by atoms with Crippen molar-refractivity contribution in [3.63, 3.8) is 0 Å². The normalized spacial score (nSPS) is 21.9. The molecule has 3 rings (SSSR count). The van der Waals surface area contributed by atoms with Crippen LogP contribution in [0.4, 0.5) is 5.13 Å². The summed E-state index contributed by atoms with van der Waals surface area (Å²) in [7, 11) is 0. The third kappa shape index (κ3) is 4.27. The SMILES string of the molecule is CC1CCN(Cc2csc(NC(=O)C3CCNCC3)n2)CC1. The molecule has 1 aromatic heterocycles. The van der Waals surface area contributed by atoms with Crippen LogP contribution in [0, 0.1) is 11.8 Å². The lowest BCUT2D eigenvalue weighted by Crippen LogP contribution is -2.34. The van der Waals surface area contributed by atoms with Crippen molar-refractivity contribution in [3.05, 3.63) is 11.1 Å². The molecule has 2 saturated heterocycles. The van der Waals surface area contributed by atoms with Crippen LogP contribution in [-0.2, 0) is 11.3 Å². The number of piperidine rings is 2. The van der Waals surface area contributed by atoms with Crippen molar-refractivity contribution in [3.8, 4) is 0 Å². The van der Waals surface area contributed by atoms with E-state index in [1.165, 1.54) is 12.8 Å². The van der Waals surface area contributed by atoms with E-state index in [4.69, 9.17) is 0 Å². The van der Waals surface area contributed by atoms with Crippen molar-refractivity contribution in [2.24, 2.45) is 11.8 Å². The Morgan fingerprint density at radius 2 is 2.09 bits per heavy atom. The fourth-order valence-corrected chi connectivity index (χ4v) is 3.88. The third-order valence-electron chi connectivity index (χ3n) is 4.75. The highest BCUT2D eigenvalue weighted by Crippen LogP contribution is 2.22. The summed E-state index contributed by atoms with van der Waals surface area (Å²) >= 11 is 1.55. The molecule has 122 valence electrons. The van der Waals surface area contributed by atoms with Gasteiger partial charge < -0.3 is 10.6 Å². The maximum Gasteiger partial charge on any atom is 0.229 e. The maximum absolute atomic E-state index is 12.2. The van der Waals surface area contributed by atoms with Gasteiger partial charge in [-0.2, -0.15) is 0 Å². The molecule has 2 fully saturated rings. The van der Waals surface area contributed by atoms with Crippen LogP contribution >= 0.6 is 11.3 Å². The Labute approximate surface area is 136 Å². The molecule has 0 aliphatic carbocycles. The lowest BCUT2D eigenvalue weighted by atomic mass is 9.97. The number of amides is 1. The topological polar surface area (TPSA) is 57.3 Å².